The Kier molecular flexibility index (Phi) is 14.5. The lowest BCUT2D eigenvalue weighted by atomic mass is 10.0. The first-order valence-electron chi connectivity index (χ1n) is 15.2. The van der Waals surface area contributed by atoms with E-state index in [-0.39, 0.29) is 12.4 Å². The van der Waals surface area contributed by atoms with Crippen molar-refractivity contribution in [2.45, 2.75) is 78.0 Å². The van der Waals surface area contributed by atoms with Crippen molar-refractivity contribution < 1.29 is 23.0 Å². The van der Waals surface area contributed by atoms with Crippen LogP contribution >= 0.6 is 0 Å². The van der Waals surface area contributed by atoms with Crippen LogP contribution in [0.3, 0.4) is 0 Å². The van der Waals surface area contributed by atoms with Gasteiger partial charge < -0.3 is 18.8 Å². The van der Waals surface area contributed by atoms with E-state index in [0.29, 0.717) is 13.0 Å². The Morgan fingerprint density at radius 2 is 1.84 bits per heavy atom. The third kappa shape index (κ3) is 11.3. The summed E-state index contributed by atoms with van der Waals surface area (Å²) in [5, 5.41) is 0. The number of pyridine rings is 1. The van der Waals surface area contributed by atoms with Gasteiger partial charge in [0.1, 0.15) is 23.5 Å². The molecule has 0 N–H and O–H groups in total. The third-order valence-corrected chi connectivity index (χ3v) is 6.77. The molecular formula is C35H45F2N3O3. The summed E-state index contributed by atoms with van der Waals surface area (Å²) in [5.74, 6) is -0.0864. The molecule has 6 nitrogen and oxygen atoms in total. The van der Waals surface area contributed by atoms with Gasteiger partial charge in [0.2, 0.25) is 0 Å². The fourth-order valence-electron chi connectivity index (χ4n) is 4.48. The Balaban J connectivity index is 0.000000566. The van der Waals surface area contributed by atoms with Crippen LogP contribution in [0.15, 0.2) is 86.0 Å². The fourth-order valence-corrected chi connectivity index (χ4v) is 4.48. The lowest BCUT2D eigenvalue weighted by molar-refractivity contribution is -0.187. The van der Waals surface area contributed by atoms with Gasteiger partial charge in [0, 0.05) is 31.8 Å². The van der Waals surface area contributed by atoms with Gasteiger partial charge in [0.25, 0.3) is 0 Å². The average molecular weight is 594 g/mol. The third-order valence-electron chi connectivity index (χ3n) is 6.77. The Morgan fingerprint density at radius 1 is 1.14 bits per heavy atom. The van der Waals surface area contributed by atoms with Crippen LogP contribution in [0.1, 0.15) is 63.4 Å². The largest absolute Gasteiger partial charge is 0.374 e. The van der Waals surface area contributed by atoms with E-state index in [9.17, 15) is 8.78 Å². The molecule has 4 aliphatic rings. The maximum absolute atomic E-state index is 11.3. The van der Waals surface area contributed by atoms with Gasteiger partial charge in [0.05, 0.1) is 31.6 Å². The predicted molar refractivity (Wildman–Crippen MR) is 169 cm³/mol. The highest BCUT2D eigenvalue weighted by molar-refractivity contribution is 5.74. The number of hydrogen-bond acceptors (Lipinski definition) is 5. The normalized spacial score (nSPS) is 17.5. The minimum Gasteiger partial charge on any atom is -0.374 e. The fraction of sp³-hybridized carbons (Fsp3) is 0.429. The molecule has 1 saturated heterocycles. The van der Waals surface area contributed by atoms with Crippen molar-refractivity contribution in [3.05, 3.63) is 103 Å². The van der Waals surface area contributed by atoms with Gasteiger partial charge in [-0.05, 0) is 49.0 Å². The van der Waals surface area contributed by atoms with Gasteiger partial charge in [-0.15, -0.1) is 6.58 Å². The van der Waals surface area contributed by atoms with Gasteiger partial charge in [-0.2, -0.15) is 0 Å². The van der Waals surface area contributed by atoms with Crippen LogP contribution in [0.4, 0.5) is 8.78 Å². The van der Waals surface area contributed by atoms with Crippen molar-refractivity contribution in [3.8, 4) is 11.4 Å². The Bertz CT molecular complexity index is 1290. The number of ether oxygens (including phenoxy) is 3. The molecule has 2 atom stereocenters. The highest BCUT2D eigenvalue weighted by Crippen LogP contribution is 2.24. The molecule has 1 aromatic carbocycles. The molecule has 8 heteroatoms. The number of benzene rings is 1. The van der Waals surface area contributed by atoms with Crippen LogP contribution in [0, 0.1) is 0 Å². The van der Waals surface area contributed by atoms with Crippen LogP contribution in [0.2, 0.25) is 0 Å². The molecule has 1 aromatic rings. The molecule has 0 bridgehead atoms. The number of rotatable bonds is 10. The van der Waals surface area contributed by atoms with Gasteiger partial charge in [-0.25, -0.2) is 18.7 Å². The number of nitrogens with zero attached hydrogens (tertiary/aromatic N) is 3. The van der Waals surface area contributed by atoms with Crippen molar-refractivity contribution in [1.82, 2.24) is 14.5 Å². The summed E-state index contributed by atoms with van der Waals surface area (Å²) in [6.45, 7) is 14.6. The second-order valence-corrected chi connectivity index (χ2v) is 10.1. The second kappa shape index (κ2) is 18.3. The summed E-state index contributed by atoms with van der Waals surface area (Å²) < 4.78 is 42.0. The van der Waals surface area contributed by atoms with Crippen LogP contribution < -0.4 is 0 Å². The average Bonchev–Trinajstić information content (AvgIpc) is 3.27. The van der Waals surface area contributed by atoms with Crippen molar-refractivity contribution in [3.63, 3.8) is 0 Å². The molecule has 232 valence electrons. The van der Waals surface area contributed by atoms with E-state index in [0.717, 1.165) is 69.6 Å². The molecule has 0 saturated carbocycles. The number of imidazole rings is 1. The van der Waals surface area contributed by atoms with Gasteiger partial charge in [-0.1, -0.05) is 69.0 Å². The molecule has 0 aromatic heterocycles. The van der Waals surface area contributed by atoms with E-state index in [1.54, 1.807) is 0 Å². The van der Waals surface area contributed by atoms with E-state index in [1.807, 2.05) is 26.0 Å². The van der Waals surface area contributed by atoms with Gasteiger partial charge in [0.15, 0.2) is 6.29 Å². The minimum atomic E-state index is -1.51. The zero-order valence-electron chi connectivity index (χ0n) is 25.7. The lowest BCUT2D eigenvalue weighted by Gasteiger charge is -2.23. The Morgan fingerprint density at radius 3 is 2.51 bits per heavy atom. The summed E-state index contributed by atoms with van der Waals surface area (Å²) >= 11 is 0. The molecule has 0 amide bonds. The van der Waals surface area contributed by atoms with E-state index in [2.05, 4.69) is 82.6 Å². The van der Waals surface area contributed by atoms with Crippen LogP contribution in [0.5, 0.6) is 0 Å². The zero-order chi connectivity index (χ0) is 31.0. The summed E-state index contributed by atoms with van der Waals surface area (Å²) in [5.41, 5.74) is 5.57. The smallest absolute Gasteiger partial charge is 0.159 e. The maximum atomic E-state index is 11.3. The SMILES string of the molecule is C=C(F)C(C)F.C=CCc1nc2ccn(Cc3ccc(C4=CCCC(OCCC5OCCCO5)C=C4)cc3)cc-2n1.CC. The van der Waals surface area contributed by atoms with E-state index < -0.39 is 12.0 Å². The quantitative estimate of drug-likeness (QED) is 0.221. The summed E-state index contributed by atoms with van der Waals surface area (Å²) in [6.07, 6.45) is 15.6. The molecule has 0 radical (unpaired) electrons. The van der Waals surface area contributed by atoms with E-state index in [4.69, 9.17) is 14.2 Å². The van der Waals surface area contributed by atoms with Gasteiger partial charge >= 0.3 is 0 Å². The number of halogens is 2. The number of aromatic nitrogens is 3. The molecule has 3 heterocycles. The van der Waals surface area contributed by atoms with Gasteiger partial charge in [-0.3, -0.25) is 0 Å². The number of allylic oxidation sites excluding steroid dienone is 5. The topological polar surface area (TPSA) is 58.4 Å². The molecule has 3 aliphatic heterocycles. The molecule has 5 rings (SSSR count). The number of hydrogen-bond donors (Lipinski definition) is 0. The van der Waals surface area contributed by atoms with Crippen molar-refractivity contribution in [2.24, 2.45) is 0 Å². The molecule has 1 aliphatic carbocycles. The molecule has 43 heavy (non-hydrogen) atoms. The van der Waals surface area contributed by atoms with Crippen LogP contribution in [-0.2, 0) is 27.2 Å². The minimum absolute atomic E-state index is 0.113. The maximum Gasteiger partial charge on any atom is 0.159 e. The van der Waals surface area contributed by atoms with E-state index >= 15 is 0 Å². The van der Waals surface area contributed by atoms with Crippen molar-refractivity contribution >= 4 is 5.57 Å². The second-order valence-electron chi connectivity index (χ2n) is 10.1. The van der Waals surface area contributed by atoms with E-state index in [1.165, 1.54) is 16.7 Å². The monoisotopic (exact) mass is 593 g/mol. The number of alkyl halides is 1. The predicted octanol–water partition coefficient (Wildman–Crippen LogP) is 8.29. The highest BCUT2D eigenvalue weighted by atomic mass is 19.2. The van der Waals surface area contributed by atoms with Crippen molar-refractivity contribution in [2.75, 3.05) is 19.8 Å². The first-order valence-corrected chi connectivity index (χ1v) is 15.2. The lowest BCUT2D eigenvalue weighted by Crippen LogP contribution is -2.26. The zero-order valence-corrected chi connectivity index (χ0v) is 25.7. The molecule has 0 spiro atoms. The first kappa shape index (κ1) is 34.0. The first-order chi connectivity index (χ1) is 20.9. The van der Waals surface area contributed by atoms with Crippen LogP contribution in [0.25, 0.3) is 17.0 Å². The Hall–Kier alpha value is -3.46. The summed E-state index contributed by atoms with van der Waals surface area (Å²) in [4.78, 5) is 9.13. The standard InChI is InChI=1S/C29H33N3O3.C4H6F2.C2H6/c1-2-5-28-30-26-14-16-32(21-27(26)31-28)20-22-8-10-24(11-9-22)23-6-3-7-25(13-12-23)33-19-15-29-34-17-4-18-35-29;1-3(5)4(2)6;1-2/h2,6,8-14,16,21,25,29H,1,3-5,7,15,17-20H2;4H,1H2,2H3;1-2H3. The highest BCUT2D eigenvalue weighted by Gasteiger charge is 2.16. The molecule has 2 unspecified atom stereocenters. The summed E-state index contributed by atoms with van der Waals surface area (Å²) in [6, 6.07) is 10.8. The van der Waals surface area contributed by atoms with Crippen molar-refractivity contribution in [1.29, 1.82) is 0 Å². The summed E-state index contributed by atoms with van der Waals surface area (Å²) in [7, 11) is 0. The van der Waals surface area contributed by atoms with Crippen LogP contribution in [-0.4, -0.2) is 52.9 Å². The Labute approximate surface area is 255 Å². The number of fused-ring (bicyclic) bond motifs is 1. The molecule has 1 fully saturated rings. The molecular weight excluding hydrogens is 548 g/mol.